The zero-order valence-corrected chi connectivity index (χ0v) is 8.74. The lowest BCUT2D eigenvalue weighted by Gasteiger charge is -2.32. The predicted octanol–water partition coefficient (Wildman–Crippen LogP) is 0.153. The van der Waals surface area contributed by atoms with Gasteiger partial charge >= 0.3 is 0 Å². The molecule has 0 bridgehead atoms. The van der Waals surface area contributed by atoms with E-state index in [0.717, 1.165) is 45.0 Å². The molecule has 78 valence electrons. The van der Waals surface area contributed by atoms with Crippen LogP contribution in [0.1, 0.15) is 13.3 Å². The van der Waals surface area contributed by atoms with Crippen LogP contribution in [0.15, 0.2) is 9.98 Å². The first-order valence-corrected chi connectivity index (χ1v) is 5.36. The van der Waals surface area contributed by atoms with Gasteiger partial charge in [-0.2, -0.15) is 0 Å². The Labute approximate surface area is 85.1 Å². The van der Waals surface area contributed by atoms with Gasteiger partial charge in [0.2, 0.25) is 0 Å². The van der Waals surface area contributed by atoms with Gasteiger partial charge in [-0.05, 0) is 13.3 Å². The molecule has 0 aromatic heterocycles. The molecular formula is C10H18N4. The second-order valence-electron chi connectivity index (χ2n) is 3.85. The van der Waals surface area contributed by atoms with Crippen molar-refractivity contribution in [1.82, 2.24) is 10.2 Å². The van der Waals surface area contributed by atoms with Gasteiger partial charge in [-0.15, -0.1) is 0 Å². The van der Waals surface area contributed by atoms with Crippen molar-refractivity contribution in [3.8, 4) is 0 Å². The van der Waals surface area contributed by atoms with E-state index in [1.165, 1.54) is 0 Å². The highest BCUT2D eigenvalue weighted by Crippen LogP contribution is 2.07. The van der Waals surface area contributed by atoms with Crippen LogP contribution in [-0.4, -0.2) is 55.7 Å². The van der Waals surface area contributed by atoms with Gasteiger partial charge in [0.1, 0.15) is 5.84 Å². The zero-order chi connectivity index (χ0) is 9.80. The summed E-state index contributed by atoms with van der Waals surface area (Å²) in [7, 11) is 0. The molecule has 0 saturated carbocycles. The number of rotatable bonds is 1. The van der Waals surface area contributed by atoms with Crippen LogP contribution in [0.4, 0.5) is 0 Å². The third-order valence-corrected chi connectivity index (χ3v) is 2.82. The smallest absolute Gasteiger partial charge is 0.119 e. The van der Waals surface area contributed by atoms with Crippen molar-refractivity contribution < 1.29 is 0 Å². The maximum atomic E-state index is 4.35. The minimum atomic E-state index is 0.498. The van der Waals surface area contributed by atoms with Gasteiger partial charge in [0, 0.05) is 45.0 Å². The molecule has 2 aliphatic rings. The molecule has 1 unspecified atom stereocenters. The number of amidine groups is 1. The second-order valence-corrected chi connectivity index (χ2v) is 3.85. The molecule has 0 radical (unpaired) electrons. The quantitative estimate of drug-likeness (QED) is 0.645. The normalized spacial score (nSPS) is 29.8. The van der Waals surface area contributed by atoms with Gasteiger partial charge < -0.3 is 5.32 Å². The fraction of sp³-hybridized carbons (Fsp3) is 0.800. The van der Waals surface area contributed by atoms with Crippen LogP contribution in [0.5, 0.6) is 0 Å². The fourth-order valence-corrected chi connectivity index (χ4v) is 1.96. The summed E-state index contributed by atoms with van der Waals surface area (Å²) in [6.07, 6.45) is 3.18. The summed E-state index contributed by atoms with van der Waals surface area (Å²) in [5.74, 6) is 0.919. The Morgan fingerprint density at radius 2 is 2.21 bits per heavy atom. The van der Waals surface area contributed by atoms with Crippen molar-refractivity contribution in [2.24, 2.45) is 9.98 Å². The predicted molar refractivity (Wildman–Crippen MR) is 59.3 cm³/mol. The number of nitrogens with one attached hydrogen (secondary N) is 1. The minimum absolute atomic E-state index is 0.498. The van der Waals surface area contributed by atoms with E-state index in [2.05, 4.69) is 26.4 Å². The van der Waals surface area contributed by atoms with Gasteiger partial charge in [0.15, 0.2) is 0 Å². The molecule has 1 saturated heterocycles. The van der Waals surface area contributed by atoms with E-state index in [-0.39, 0.29) is 0 Å². The summed E-state index contributed by atoms with van der Waals surface area (Å²) in [5, 5.41) is 3.36. The number of hydrogen-bond acceptors (Lipinski definition) is 4. The average Bonchev–Trinajstić information content (AvgIpc) is 2.44. The van der Waals surface area contributed by atoms with Crippen LogP contribution in [0, 0.1) is 0 Å². The molecule has 1 N–H and O–H groups in total. The first-order chi connectivity index (χ1) is 6.86. The molecular weight excluding hydrogens is 176 g/mol. The van der Waals surface area contributed by atoms with Crippen molar-refractivity contribution in [2.75, 3.05) is 32.7 Å². The standard InChI is InChI=1S/C10H18N4/c1-9-12-3-2-10(8-13-9)14-6-4-11-5-7-14/h8,10-11H,2-7H2,1H3. The summed E-state index contributed by atoms with van der Waals surface area (Å²) in [6.45, 7) is 7.36. The Bertz CT molecular complexity index is 241. The van der Waals surface area contributed by atoms with Gasteiger partial charge in [-0.3, -0.25) is 9.89 Å². The second kappa shape index (κ2) is 4.66. The molecule has 2 aliphatic heterocycles. The Kier molecular flexibility index (Phi) is 3.26. The highest BCUT2D eigenvalue weighted by molar-refractivity contribution is 5.89. The van der Waals surface area contributed by atoms with Gasteiger partial charge in [-0.25, -0.2) is 4.99 Å². The molecule has 0 spiro atoms. The minimum Gasteiger partial charge on any atom is -0.314 e. The summed E-state index contributed by atoms with van der Waals surface area (Å²) in [6, 6.07) is 0.498. The van der Waals surface area contributed by atoms with Crippen molar-refractivity contribution in [3.05, 3.63) is 0 Å². The summed E-state index contributed by atoms with van der Waals surface area (Å²) < 4.78 is 0. The van der Waals surface area contributed by atoms with E-state index in [0.29, 0.717) is 6.04 Å². The van der Waals surface area contributed by atoms with Crippen molar-refractivity contribution in [1.29, 1.82) is 0 Å². The topological polar surface area (TPSA) is 40.0 Å². The third-order valence-electron chi connectivity index (χ3n) is 2.82. The zero-order valence-electron chi connectivity index (χ0n) is 8.74. The van der Waals surface area contributed by atoms with Gasteiger partial charge in [0.05, 0.1) is 0 Å². The molecule has 0 aliphatic carbocycles. The van der Waals surface area contributed by atoms with Crippen molar-refractivity contribution in [3.63, 3.8) is 0 Å². The molecule has 2 rings (SSSR count). The highest BCUT2D eigenvalue weighted by Gasteiger charge is 2.19. The fourth-order valence-electron chi connectivity index (χ4n) is 1.96. The molecule has 2 heterocycles. The van der Waals surface area contributed by atoms with Crippen molar-refractivity contribution in [2.45, 2.75) is 19.4 Å². The molecule has 1 atom stereocenters. The number of nitrogens with zero attached hydrogens (tertiary/aromatic N) is 3. The Morgan fingerprint density at radius 3 is 3.00 bits per heavy atom. The molecule has 0 amide bonds. The Morgan fingerprint density at radius 1 is 1.43 bits per heavy atom. The molecule has 4 heteroatoms. The van der Waals surface area contributed by atoms with E-state index < -0.39 is 0 Å². The highest BCUT2D eigenvalue weighted by atomic mass is 15.2. The Hall–Kier alpha value is -0.740. The van der Waals surface area contributed by atoms with Crippen LogP contribution in [0.25, 0.3) is 0 Å². The van der Waals surface area contributed by atoms with E-state index in [1.54, 1.807) is 0 Å². The molecule has 14 heavy (non-hydrogen) atoms. The summed E-state index contributed by atoms with van der Waals surface area (Å²) in [5.41, 5.74) is 0. The van der Waals surface area contributed by atoms with Crippen LogP contribution in [0.2, 0.25) is 0 Å². The largest absolute Gasteiger partial charge is 0.314 e. The summed E-state index contributed by atoms with van der Waals surface area (Å²) in [4.78, 5) is 11.2. The lowest BCUT2D eigenvalue weighted by molar-refractivity contribution is 0.210. The third kappa shape index (κ3) is 2.39. The first kappa shape index (κ1) is 9.80. The lowest BCUT2D eigenvalue weighted by atomic mass is 10.1. The number of piperazine rings is 1. The monoisotopic (exact) mass is 194 g/mol. The molecule has 0 aromatic carbocycles. The van der Waals surface area contributed by atoms with Crippen molar-refractivity contribution >= 4 is 12.1 Å². The maximum absolute atomic E-state index is 4.35. The maximum Gasteiger partial charge on any atom is 0.119 e. The van der Waals surface area contributed by atoms with Crippen LogP contribution in [0.3, 0.4) is 0 Å². The summed E-state index contributed by atoms with van der Waals surface area (Å²) >= 11 is 0. The first-order valence-electron chi connectivity index (χ1n) is 5.36. The number of aliphatic imine (C=N–C) groups is 2. The molecule has 0 aromatic rings. The molecule has 1 fully saturated rings. The van der Waals surface area contributed by atoms with E-state index in [9.17, 15) is 0 Å². The van der Waals surface area contributed by atoms with Crippen LogP contribution >= 0.6 is 0 Å². The van der Waals surface area contributed by atoms with E-state index in [4.69, 9.17) is 0 Å². The lowest BCUT2D eigenvalue weighted by Crippen LogP contribution is -2.49. The van der Waals surface area contributed by atoms with Crippen LogP contribution in [-0.2, 0) is 0 Å². The van der Waals surface area contributed by atoms with Gasteiger partial charge in [-0.1, -0.05) is 0 Å². The van der Waals surface area contributed by atoms with Gasteiger partial charge in [0.25, 0.3) is 0 Å². The Balaban J connectivity index is 1.94. The number of hydrogen-bond donors (Lipinski definition) is 1. The van der Waals surface area contributed by atoms with E-state index >= 15 is 0 Å². The average molecular weight is 194 g/mol. The SMILES string of the molecule is CC1=NCCC(N2CCNCC2)C=N1. The van der Waals surface area contributed by atoms with E-state index in [1.807, 2.05) is 6.92 Å². The van der Waals surface area contributed by atoms with Crippen LogP contribution < -0.4 is 5.32 Å². The molecule has 4 nitrogen and oxygen atoms in total.